The van der Waals surface area contributed by atoms with Crippen molar-refractivity contribution in [1.82, 2.24) is 0 Å². The predicted molar refractivity (Wildman–Crippen MR) is 85.8 cm³/mol. The molecule has 0 fully saturated rings. The van der Waals surface area contributed by atoms with Crippen molar-refractivity contribution in [2.24, 2.45) is 4.99 Å². The Morgan fingerprint density at radius 3 is 2.52 bits per heavy atom. The SMILES string of the molecule is COCOC1=C[N+]2(COC)C=C(c3ccc(O)cc3)N=C2C=C1. The Morgan fingerprint density at radius 1 is 1.04 bits per heavy atom. The van der Waals surface area contributed by atoms with Crippen LogP contribution in [0.1, 0.15) is 5.56 Å². The molecule has 2 aliphatic rings. The number of phenols is 1. The largest absolute Gasteiger partial charge is 0.508 e. The molecular formula is C17H19N2O4+. The lowest BCUT2D eigenvalue weighted by molar-refractivity contribution is -0.755. The molecule has 6 nitrogen and oxygen atoms in total. The van der Waals surface area contributed by atoms with E-state index in [2.05, 4.69) is 4.99 Å². The lowest BCUT2D eigenvalue weighted by Crippen LogP contribution is -2.43. The van der Waals surface area contributed by atoms with Gasteiger partial charge >= 0.3 is 0 Å². The number of methoxy groups -OCH3 is 2. The number of benzene rings is 1. The normalized spacial score (nSPS) is 22.3. The molecule has 0 bridgehead atoms. The van der Waals surface area contributed by atoms with E-state index < -0.39 is 0 Å². The number of hydrogen-bond donors (Lipinski definition) is 1. The van der Waals surface area contributed by atoms with Crippen LogP contribution in [0.3, 0.4) is 0 Å². The van der Waals surface area contributed by atoms with Gasteiger partial charge in [-0.1, -0.05) is 0 Å². The monoisotopic (exact) mass is 315 g/mol. The highest BCUT2D eigenvalue weighted by atomic mass is 16.7. The van der Waals surface area contributed by atoms with Crippen LogP contribution in [-0.2, 0) is 14.2 Å². The summed E-state index contributed by atoms with van der Waals surface area (Å²) in [5.41, 5.74) is 1.76. The van der Waals surface area contributed by atoms with Crippen molar-refractivity contribution in [2.45, 2.75) is 0 Å². The first-order chi connectivity index (χ1) is 11.2. The fourth-order valence-corrected chi connectivity index (χ4v) is 2.57. The molecule has 0 aromatic heterocycles. The highest BCUT2D eigenvalue weighted by Crippen LogP contribution is 2.33. The number of hydrogen-bond acceptors (Lipinski definition) is 5. The number of aliphatic imine (C=N–C) groups is 1. The standard InChI is InChI=1S/C17H18N2O4/c1-21-11-19-9-15(23-12-22-2)7-8-17(19)18-16(10-19)13-3-5-14(20)6-4-13/h3-10H,11-12H2,1-2H3/p+1. The van der Waals surface area contributed by atoms with Gasteiger partial charge in [-0.2, -0.15) is 9.48 Å². The summed E-state index contributed by atoms with van der Waals surface area (Å²) in [7, 11) is 3.23. The van der Waals surface area contributed by atoms with Crippen LogP contribution in [-0.4, -0.2) is 43.2 Å². The van der Waals surface area contributed by atoms with E-state index in [9.17, 15) is 5.11 Å². The lowest BCUT2D eigenvalue weighted by atomic mass is 10.1. The number of quaternary nitrogens is 1. The summed E-state index contributed by atoms with van der Waals surface area (Å²) in [5, 5.41) is 9.43. The van der Waals surface area contributed by atoms with E-state index in [0.717, 1.165) is 17.1 Å². The Morgan fingerprint density at radius 2 is 1.83 bits per heavy atom. The number of rotatable bonds is 6. The molecular weight excluding hydrogens is 296 g/mol. The number of nitrogens with zero attached hydrogens (tertiary/aromatic N) is 2. The molecule has 0 saturated heterocycles. The number of fused-ring (bicyclic) bond motifs is 1. The minimum absolute atomic E-state index is 0.185. The van der Waals surface area contributed by atoms with Gasteiger partial charge in [0, 0.05) is 25.9 Å². The van der Waals surface area contributed by atoms with E-state index in [4.69, 9.17) is 14.2 Å². The summed E-state index contributed by atoms with van der Waals surface area (Å²) >= 11 is 0. The van der Waals surface area contributed by atoms with Gasteiger partial charge in [0.25, 0.3) is 0 Å². The molecule has 3 rings (SSSR count). The van der Waals surface area contributed by atoms with Crippen molar-refractivity contribution in [3.63, 3.8) is 0 Å². The second kappa shape index (κ2) is 6.37. The lowest BCUT2D eigenvalue weighted by Gasteiger charge is -2.28. The second-order valence-electron chi connectivity index (χ2n) is 5.30. The van der Waals surface area contributed by atoms with Gasteiger partial charge in [0.2, 0.25) is 5.84 Å². The first-order valence-corrected chi connectivity index (χ1v) is 7.17. The fraction of sp³-hybridized carbons (Fsp3) is 0.235. The summed E-state index contributed by atoms with van der Waals surface area (Å²) in [6.45, 7) is 0.592. The van der Waals surface area contributed by atoms with Gasteiger partial charge < -0.3 is 19.3 Å². The quantitative estimate of drug-likeness (QED) is 0.647. The third kappa shape index (κ3) is 3.05. The number of aromatic hydroxyl groups is 1. The van der Waals surface area contributed by atoms with Crippen molar-refractivity contribution in [1.29, 1.82) is 0 Å². The van der Waals surface area contributed by atoms with Gasteiger partial charge in [-0.25, -0.2) is 0 Å². The molecule has 1 aromatic rings. The van der Waals surface area contributed by atoms with E-state index in [1.165, 1.54) is 0 Å². The van der Waals surface area contributed by atoms with E-state index >= 15 is 0 Å². The molecule has 1 unspecified atom stereocenters. The summed E-state index contributed by atoms with van der Waals surface area (Å²) in [6, 6.07) is 6.96. The molecule has 0 amide bonds. The third-order valence-electron chi connectivity index (χ3n) is 3.62. The van der Waals surface area contributed by atoms with Crippen molar-refractivity contribution in [3.05, 3.63) is 60.1 Å². The highest BCUT2D eigenvalue weighted by molar-refractivity contribution is 5.96. The Labute approximate surface area is 134 Å². The fourth-order valence-electron chi connectivity index (χ4n) is 2.57. The minimum Gasteiger partial charge on any atom is -0.508 e. The van der Waals surface area contributed by atoms with Crippen molar-refractivity contribution < 1.29 is 23.8 Å². The maximum atomic E-state index is 9.43. The maximum absolute atomic E-state index is 9.43. The molecule has 0 saturated carbocycles. The molecule has 0 radical (unpaired) electrons. The van der Waals surface area contributed by atoms with E-state index in [1.54, 1.807) is 26.4 Å². The summed E-state index contributed by atoms with van der Waals surface area (Å²) in [4.78, 5) is 4.69. The van der Waals surface area contributed by atoms with Gasteiger partial charge in [0.05, 0.1) is 0 Å². The Bertz CT molecular complexity index is 704. The molecule has 23 heavy (non-hydrogen) atoms. The van der Waals surface area contributed by atoms with E-state index in [0.29, 0.717) is 17.0 Å². The van der Waals surface area contributed by atoms with E-state index in [-0.39, 0.29) is 12.5 Å². The molecule has 2 aliphatic heterocycles. The van der Waals surface area contributed by atoms with Crippen LogP contribution < -0.4 is 0 Å². The van der Waals surface area contributed by atoms with Crippen LogP contribution >= 0.6 is 0 Å². The molecule has 0 spiro atoms. The van der Waals surface area contributed by atoms with Crippen LogP contribution in [0.2, 0.25) is 0 Å². The van der Waals surface area contributed by atoms with Gasteiger partial charge in [-0.3, -0.25) is 0 Å². The first kappa shape index (κ1) is 15.5. The van der Waals surface area contributed by atoms with E-state index in [1.807, 2.05) is 36.7 Å². The Balaban J connectivity index is 1.96. The molecule has 6 heteroatoms. The summed E-state index contributed by atoms with van der Waals surface area (Å²) < 4.78 is 16.2. The van der Waals surface area contributed by atoms with Crippen LogP contribution in [0.4, 0.5) is 0 Å². The zero-order chi connectivity index (χ0) is 16.3. The zero-order valence-corrected chi connectivity index (χ0v) is 13.1. The minimum atomic E-state index is 0.185. The number of allylic oxidation sites excluding steroid dienone is 1. The van der Waals surface area contributed by atoms with Crippen molar-refractivity contribution in [3.8, 4) is 5.75 Å². The first-order valence-electron chi connectivity index (χ1n) is 7.17. The van der Waals surface area contributed by atoms with Crippen molar-refractivity contribution in [2.75, 3.05) is 27.7 Å². The number of amidine groups is 1. The zero-order valence-electron chi connectivity index (χ0n) is 13.1. The maximum Gasteiger partial charge on any atom is 0.239 e. The average molecular weight is 315 g/mol. The van der Waals surface area contributed by atoms with Gasteiger partial charge in [-0.15, -0.1) is 0 Å². The molecule has 2 heterocycles. The average Bonchev–Trinajstić information content (AvgIpc) is 2.92. The Hall–Kier alpha value is -2.41. The number of phenolic OH excluding ortho intramolecular Hbond substituents is 1. The molecule has 120 valence electrons. The van der Waals surface area contributed by atoms with Crippen LogP contribution in [0.5, 0.6) is 5.75 Å². The molecule has 1 atom stereocenters. The van der Waals surface area contributed by atoms with Gasteiger partial charge in [0.1, 0.15) is 17.6 Å². The smallest absolute Gasteiger partial charge is 0.239 e. The van der Waals surface area contributed by atoms with Gasteiger partial charge in [0.15, 0.2) is 25.5 Å². The predicted octanol–water partition coefficient (Wildman–Crippen LogP) is 2.56. The Kier molecular flexibility index (Phi) is 4.29. The topological polar surface area (TPSA) is 60.3 Å². The number of ether oxygens (including phenoxy) is 3. The molecule has 1 aromatic carbocycles. The van der Waals surface area contributed by atoms with Crippen molar-refractivity contribution >= 4 is 11.5 Å². The van der Waals surface area contributed by atoms with Gasteiger partial charge in [-0.05, 0) is 30.3 Å². The van der Waals surface area contributed by atoms with Crippen LogP contribution in [0.15, 0.2) is 59.6 Å². The van der Waals surface area contributed by atoms with Crippen LogP contribution in [0.25, 0.3) is 5.70 Å². The molecule has 1 N–H and O–H groups in total. The third-order valence-corrected chi connectivity index (χ3v) is 3.62. The van der Waals surface area contributed by atoms with Crippen LogP contribution in [0, 0.1) is 0 Å². The summed E-state index contributed by atoms with van der Waals surface area (Å²) in [5.74, 6) is 1.78. The molecule has 0 aliphatic carbocycles. The summed E-state index contributed by atoms with van der Waals surface area (Å²) in [6.07, 6.45) is 7.71. The second-order valence-corrected chi connectivity index (χ2v) is 5.30. The highest BCUT2D eigenvalue weighted by Gasteiger charge is 2.39.